The van der Waals surface area contributed by atoms with E-state index in [2.05, 4.69) is 4.98 Å². The number of pyridine rings is 1. The van der Waals surface area contributed by atoms with Crippen LogP contribution in [-0.4, -0.2) is 17.6 Å². The van der Waals surface area contributed by atoms with Gasteiger partial charge >= 0.3 is 5.97 Å². The number of hydrogen-bond acceptors (Lipinski definition) is 4. The quantitative estimate of drug-likeness (QED) is 0.525. The second-order valence-electron chi connectivity index (χ2n) is 6.47. The Balaban J connectivity index is 1.80. The van der Waals surface area contributed by atoms with Crippen LogP contribution in [0, 0.1) is 18.6 Å². The summed E-state index contributed by atoms with van der Waals surface area (Å²) in [7, 11) is 0. The topological polar surface area (TPSA) is 48.4 Å². The van der Waals surface area contributed by atoms with Crippen LogP contribution in [-0.2, 0) is 22.6 Å². The van der Waals surface area contributed by atoms with Gasteiger partial charge in [-0.3, -0.25) is 4.79 Å². The minimum absolute atomic E-state index is 0.183. The molecule has 0 fully saturated rings. The highest BCUT2D eigenvalue weighted by Crippen LogP contribution is 2.30. The van der Waals surface area contributed by atoms with Crippen molar-refractivity contribution in [3.05, 3.63) is 83.1 Å². The molecule has 3 aromatic rings. The van der Waals surface area contributed by atoms with Gasteiger partial charge in [0.2, 0.25) is 5.88 Å². The van der Waals surface area contributed by atoms with Gasteiger partial charge in [0.25, 0.3) is 0 Å². The Kier molecular flexibility index (Phi) is 6.54. The molecule has 0 bridgehead atoms. The van der Waals surface area contributed by atoms with E-state index in [1.54, 1.807) is 26.0 Å². The third kappa shape index (κ3) is 5.16. The number of carbonyl (C=O) groups excluding carboxylic acids is 1. The fourth-order valence-electron chi connectivity index (χ4n) is 2.98. The summed E-state index contributed by atoms with van der Waals surface area (Å²) in [4.78, 5) is 15.9. The smallest absolute Gasteiger partial charge is 0.310 e. The first-order valence-corrected chi connectivity index (χ1v) is 9.26. The number of nitrogens with zero attached hydrogens (tertiary/aromatic N) is 1. The normalized spacial score (nSPS) is 10.6. The largest absolute Gasteiger partial charge is 0.473 e. The standard InChI is InChI=1S/C23H21F2NO3/c1-3-28-22(27)13-17-11-19(24)23(20(25)12-17)18-9-10-21(26-15(18)2)29-14-16-7-5-4-6-8-16/h4-12H,3,13-14H2,1-2H3. The fourth-order valence-corrected chi connectivity index (χ4v) is 2.98. The number of halogens is 2. The highest BCUT2D eigenvalue weighted by molar-refractivity contribution is 5.74. The molecule has 2 aromatic carbocycles. The number of aromatic nitrogens is 1. The molecule has 0 spiro atoms. The van der Waals surface area contributed by atoms with Gasteiger partial charge in [-0.25, -0.2) is 13.8 Å². The molecule has 0 atom stereocenters. The summed E-state index contributed by atoms with van der Waals surface area (Å²) in [5.41, 5.74) is 1.79. The highest BCUT2D eigenvalue weighted by atomic mass is 19.1. The van der Waals surface area contributed by atoms with Gasteiger partial charge in [-0.2, -0.15) is 0 Å². The molecule has 6 heteroatoms. The molecule has 0 unspecified atom stereocenters. The maximum atomic E-state index is 14.6. The number of rotatable bonds is 7. The lowest BCUT2D eigenvalue weighted by Crippen LogP contribution is -2.08. The van der Waals surface area contributed by atoms with Gasteiger partial charge in [0, 0.05) is 17.3 Å². The Bertz CT molecular complexity index is 983. The average molecular weight is 397 g/mol. The molecule has 4 nitrogen and oxygen atoms in total. The number of carbonyl (C=O) groups is 1. The molecule has 0 radical (unpaired) electrons. The third-order valence-corrected chi connectivity index (χ3v) is 4.31. The highest BCUT2D eigenvalue weighted by Gasteiger charge is 2.18. The zero-order valence-corrected chi connectivity index (χ0v) is 16.2. The summed E-state index contributed by atoms with van der Waals surface area (Å²) in [6.07, 6.45) is -0.189. The average Bonchev–Trinajstić information content (AvgIpc) is 2.68. The monoisotopic (exact) mass is 397 g/mol. The van der Waals surface area contributed by atoms with Crippen LogP contribution in [0.1, 0.15) is 23.7 Å². The Morgan fingerprint density at radius 3 is 2.31 bits per heavy atom. The Labute approximate surface area is 168 Å². The SMILES string of the molecule is CCOC(=O)Cc1cc(F)c(-c2ccc(OCc3ccccc3)nc2C)c(F)c1. The lowest BCUT2D eigenvalue weighted by atomic mass is 10.00. The summed E-state index contributed by atoms with van der Waals surface area (Å²) in [5, 5.41) is 0. The number of aryl methyl sites for hydroxylation is 1. The predicted molar refractivity (Wildman–Crippen MR) is 105 cm³/mol. The minimum atomic E-state index is -0.757. The first-order valence-electron chi connectivity index (χ1n) is 9.26. The van der Waals surface area contributed by atoms with Crippen LogP contribution in [0.15, 0.2) is 54.6 Å². The molecule has 29 heavy (non-hydrogen) atoms. The van der Waals surface area contributed by atoms with E-state index in [4.69, 9.17) is 9.47 Å². The van der Waals surface area contributed by atoms with Crippen molar-refractivity contribution in [3.63, 3.8) is 0 Å². The first kappa shape index (κ1) is 20.5. The molecular formula is C23H21F2NO3. The van der Waals surface area contributed by atoms with Crippen LogP contribution in [0.4, 0.5) is 8.78 Å². The molecule has 0 saturated heterocycles. The predicted octanol–water partition coefficient (Wildman–Crippen LogP) is 5.02. The fraction of sp³-hybridized carbons (Fsp3) is 0.217. The van der Waals surface area contributed by atoms with E-state index in [1.807, 2.05) is 30.3 Å². The van der Waals surface area contributed by atoms with Crippen molar-refractivity contribution in [3.8, 4) is 17.0 Å². The first-order chi connectivity index (χ1) is 14.0. The van der Waals surface area contributed by atoms with Crippen molar-refractivity contribution in [2.45, 2.75) is 26.9 Å². The van der Waals surface area contributed by atoms with Crippen molar-refractivity contribution >= 4 is 5.97 Å². The van der Waals surface area contributed by atoms with Gasteiger partial charge < -0.3 is 9.47 Å². The van der Waals surface area contributed by atoms with Gasteiger partial charge in [0.1, 0.15) is 18.2 Å². The van der Waals surface area contributed by atoms with Crippen molar-refractivity contribution in [1.82, 2.24) is 4.98 Å². The molecule has 0 saturated carbocycles. The number of hydrogen-bond donors (Lipinski definition) is 0. The molecule has 0 aliphatic rings. The summed E-state index contributed by atoms with van der Waals surface area (Å²) >= 11 is 0. The van der Waals surface area contributed by atoms with Crippen molar-refractivity contribution in [2.24, 2.45) is 0 Å². The maximum absolute atomic E-state index is 14.6. The second kappa shape index (κ2) is 9.28. The van der Waals surface area contributed by atoms with Gasteiger partial charge in [-0.15, -0.1) is 0 Å². The molecule has 150 valence electrons. The molecule has 0 N–H and O–H groups in total. The van der Waals surface area contributed by atoms with Gasteiger partial charge in [0.15, 0.2) is 0 Å². The second-order valence-corrected chi connectivity index (χ2v) is 6.47. The maximum Gasteiger partial charge on any atom is 0.310 e. The molecule has 1 heterocycles. The van der Waals surface area contributed by atoms with E-state index in [-0.39, 0.29) is 24.2 Å². The Hall–Kier alpha value is -3.28. The molecule has 3 rings (SSSR count). The van der Waals surface area contributed by atoms with E-state index in [9.17, 15) is 13.6 Å². The van der Waals surface area contributed by atoms with E-state index in [0.29, 0.717) is 23.7 Å². The van der Waals surface area contributed by atoms with E-state index in [0.717, 1.165) is 17.7 Å². The van der Waals surface area contributed by atoms with E-state index >= 15 is 0 Å². The number of ether oxygens (including phenoxy) is 2. The van der Waals surface area contributed by atoms with Crippen LogP contribution in [0.5, 0.6) is 5.88 Å². The van der Waals surface area contributed by atoms with Gasteiger partial charge in [-0.05, 0) is 43.2 Å². The van der Waals surface area contributed by atoms with E-state index in [1.165, 1.54) is 0 Å². The number of esters is 1. The minimum Gasteiger partial charge on any atom is -0.473 e. The zero-order chi connectivity index (χ0) is 20.8. The van der Waals surface area contributed by atoms with Crippen molar-refractivity contribution in [1.29, 1.82) is 0 Å². The van der Waals surface area contributed by atoms with E-state index < -0.39 is 17.6 Å². The molecule has 0 aliphatic carbocycles. The van der Waals surface area contributed by atoms with Gasteiger partial charge in [-0.1, -0.05) is 30.3 Å². The van der Waals surface area contributed by atoms with Crippen LogP contribution >= 0.6 is 0 Å². The van der Waals surface area contributed by atoms with Crippen LogP contribution in [0.3, 0.4) is 0 Å². The Morgan fingerprint density at radius 2 is 1.69 bits per heavy atom. The molecule has 0 amide bonds. The van der Waals surface area contributed by atoms with Gasteiger partial charge in [0.05, 0.1) is 18.6 Å². The summed E-state index contributed by atoms with van der Waals surface area (Å²) in [5.74, 6) is -1.68. The third-order valence-electron chi connectivity index (χ3n) is 4.31. The molecule has 1 aromatic heterocycles. The summed E-state index contributed by atoms with van der Waals surface area (Å²) in [6, 6.07) is 15.1. The molecule has 0 aliphatic heterocycles. The number of benzene rings is 2. The Morgan fingerprint density at radius 1 is 1.00 bits per heavy atom. The van der Waals surface area contributed by atoms with Crippen molar-refractivity contribution < 1.29 is 23.0 Å². The lowest BCUT2D eigenvalue weighted by Gasteiger charge is -2.12. The van der Waals surface area contributed by atoms with Crippen molar-refractivity contribution in [2.75, 3.05) is 6.61 Å². The van der Waals surface area contributed by atoms with Crippen LogP contribution in [0.25, 0.3) is 11.1 Å². The summed E-state index contributed by atoms with van der Waals surface area (Å²) < 4.78 is 39.7. The lowest BCUT2D eigenvalue weighted by molar-refractivity contribution is -0.142. The zero-order valence-electron chi connectivity index (χ0n) is 16.2. The molecular weight excluding hydrogens is 376 g/mol. The van der Waals surface area contributed by atoms with Crippen LogP contribution < -0.4 is 4.74 Å². The summed E-state index contributed by atoms with van der Waals surface area (Å²) in [6.45, 7) is 3.89. The van der Waals surface area contributed by atoms with Crippen LogP contribution in [0.2, 0.25) is 0 Å².